The second kappa shape index (κ2) is 5.21. The summed E-state index contributed by atoms with van der Waals surface area (Å²) in [7, 11) is 1.88. The van der Waals surface area contributed by atoms with E-state index in [1.807, 2.05) is 0 Å². The number of imidazole rings is 1. The van der Waals surface area contributed by atoms with Crippen molar-refractivity contribution < 1.29 is 8.42 Å². The number of hydrogen-bond acceptors (Lipinski definition) is 3. The van der Waals surface area contributed by atoms with Crippen molar-refractivity contribution in [3.8, 4) is 0 Å². The van der Waals surface area contributed by atoms with Crippen molar-refractivity contribution in [2.75, 3.05) is 0 Å². The molecule has 0 saturated carbocycles. The summed E-state index contributed by atoms with van der Waals surface area (Å²) in [5, 5.41) is 0. The maximum atomic E-state index is 11.4. The van der Waals surface area contributed by atoms with E-state index in [0.29, 0.717) is 0 Å². The van der Waals surface area contributed by atoms with E-state index in [2.05, 4.69) is 23.4 Å². The molecular weight excluding hydrogens is 272 g/mol. The first kappa shape index (κ1) is 13.9. The number of nitrogens with zero attached hydrogens (tertiary/aromatic N) is 2. The third-order valence-corrected chi connectivity index (χ3v) is 4.55. The smallest absolute Gasteiger partial charge is 0.238 e. The largest absolute Gasteiger partial charge is 0.331 e. The molecule has 6 heteroatoms. The zero-order valence-corrected chi connectivity index (χ0v) is 12.4. The van der Waals surface area contributed by atoms with Crippen LogP contribution in [0.3, 0.4) is 0 Å². The van der Waals surface area contributed by atoms with Crippen LogP contribution in [-0.4, -0.2) is 18.0 Å². The van der Waals surface area contributed by atoms with Crippen LogP contribution >= 0.6 is 10.7 Å². The summed E-state index contributed by atoms with van der Waals surface area (Å²) in [6.45, 7) is 5.03. The van der Waals surface area contributed by atoms with Gasteiger partial charge in [-0.15, -0.1) is 0 Å². The SMILES string of the molecule is CC[C@@H](C)c1nc2n(c1CS(=O)(=O)Cl)CCCC2. The van der Waals surface area contributed by atoms with Gasteiger partial charge >= 0.3 is 0 Å². The predicted octanol–water partition coefficient (Wildman–Crippen LogP) is 2.80. The van der Waals surface area contributed by atoms with Crippen LogP contribution in [-0.2, 0) is 27.8 Å². The molecule has 102 valence electrons. The lowest BCUT2D eigenvalue weighted by molar-refractivity contribution is 0.511. The van der Waals surface area contributed by atoms with Crippen LogP contribution in [0, 0.1) is 0 Å². The zero-order valence-electron chi connectivity index (χ0n) is 10.8. The van der Waals surface area contributed by atoms with Crippen molar-refractivity contribution in [1.29, 1.82) is 0 Å². The van der Waals surface area contributed by atoms with Crippen LogP contribution < -0.4 is 0 Å². The van der Waals surface area contributed by atoms with Gasteiger partial charge in [0.1, 0.15) is 11.6 Å². The van der Waals surface area contributed by atoms with Crippen molar-refractivity contribution in [3.63, 3.8) is 0 Å². The first-order valence-electron chi connectivity index (χ1n) is 6.43. The second-order valence-electron chi connectivity index (χ2n) is 4.96. The van der Waals surface area contributed by atoms with E-state index in [1.54, 1.807) is 0 Å². The molecule has 0 N–H and O–H groups in total. The molecule has 0 amide bonds. The summed E-state index contributed by atoms with van der Waals surface area (Å²) >= 11 is 0. The molecular formula is C12H19ClN2O2S. The number of fused-ring (bicyclic) bond motifs is 1. The Morgan fingerprint density at radius 1 is 1.44 bits per heavy atom. The highest BCUT2D eigenvalue weighted by Gasteiger charge is 2.25. The molecule has 2 rings (SSSR count). The molecule has 1 aromatic rings. The topological polar surface area (TPSA) is 52.0 Å². The lowest BCUT2D eigenvalue weighted by atomic mass is 10.0. The van der Waals surface area contributed by atoms with Gasteiger partial charge in [-0.05, 0) is 25.2 Å². The lowest BCUT2D eigenvalue weighted by Gasteiger charge is -2.16. The molecule has 1 aliphatic rings. The third kappa shape index (κ3) is 2.88. The summed E-state index contributed by atoms with van der Waals surface area (Å²) in [5.41, 5.74) is 1.72. The first-order chi connectivity index (χ1) is 8.42. The molecule has 1 aliphatic heterocycles. The second-order valence-corrected chi connectivity index (χ2v) is 7.74. The number of rotatable bonds is 4. The average Bonchev–Trinajstić information content (AvgIpc) is 2.65. The first-order valence-corrected chi connectivity index (χ1v) is 8.90. The van der Waals surface area contributed by atoms with E-state index in [-0.39, 0.29) is 11.7 Å². The van der Waals surface area contributed by atoms with Crippen LogP contribution in [0.2, 0.25) is 0 Å². The van der Waals surface area contributed by atoms with Crippen LogP contribution in [0.1, 0.15) is 56.2 Å². The Morgan fingerprint density at radius 2 is 2.17 bits per heavy atom. The molecule has 1 atom stereocenters. The Morgan fingerprint density at radius 3 is 2.78 bits per heavy atom. The minimum Gasteiger partial charge on any atom is -0.331 e. The van der Waals surface area contributed by atoms with E-state index in [9.17, 15) is 8.42 Å². The molecule has 0 aliphatic carbocycles. The summed E-state index contributed by atoms with van der Waals surface area (Å²) in [6, 6.07) is 0. The monoisotopic (exact) mass is 290 g/mol. The summed E-state index contributed by atoms with van der Waals surface area (Å²) in [4.78, 5) is 4.65. The Balaban J connectivity index is 2.48. The van der Waals surface area contributed by atoms with Gasteiger partial charge in [0.05, 0.1) is 11.4 Å². The molecule has 0 spiro atoms. The van der Waals surface area contributed by atoms with E-state index in [4.69, 9.17) is 10.7 Å². The number of aryl methyl sites for hydroxylation is 1. The molecule has 0 unspecified atom stereocenters. The van der Waals surface area contributed by atoms with Gasteiger partial charge in [0.25, 0.3) is 0 Å². The van der Waals surface area contributed by atoms with Crippen molar-refractivity contribution in [2.24, 2.45) is 0 Å². The van der Waals surface area contributed by atoms with Crippen LogP contribution in [0.5, 0.6) is 0 Å². The maximum Gasteiger partial charge on any atom is 0.238 e. The van der Waals surface area contributed by atoms with Gasteiger partial charge in [0, 0.05) is 23.6 Å². The average molecular weight is 291 g/mol. The number of hydrogen-bond donors (Lipinski definition) is 0. The summed E-state index contributed by atoms with van der Waals surface area (Å²) in [6.07, 6.45) is 4.10. The third-order valence-electron chi connectivity index (χ3n) is 3.60. The van der Waals surface area contributed by atoms with Gasteiger partial charge in [-0.3, -0.25) is 0 Å². The quantitative estimate of drug-likeness (QED) is 0.801. The normalized spacial score (nSPS) is 17.5. The van der Waals surface area contributed by atoms with Crippen molar-refractivity contribution in [1.82, 2.24) is 9.55 Å². The van der Waals surface area contributed by atoms with Gasteiger partial charge in [0.2, 0.25) is 9.05 Å². The van der Waals surface area contributed by atoms with Crippen molar-refractivity contribution in [3.05, 3.63) is 17.2 Å². The highest BCUT2D eigenvalue weighted by atomic mass is 35.7. The molecule has 0 fully saturated rings. The van der Waals surface area contributed by atoms with Gasteiger partial charge in [-0.2, -0.15) is 0 Å². The fourth-order valence-electron chi connectivity index (χ4n) is 2.47. The van der Waals surface area contributed by atoms with Gasteiger partial charge < -0.3 is 4.57 Å². The van der Waals surface area contributed by atoms with Gasteiger partial charge in [0.15, 0.2) is 0 Å². The maximum absolute atomic E-state index is 11.4. The molecule has 0 saturated heterocycles. The minimum atomic E-state index is -3.53. The van der Waals surface area contributed by atoms with Crippen LogP contribution in [0.4, 0.5) is 0 Å². The molecule has 4 nitrogen and oxygen atoms in total. The van der Waals surface area contributed by atoms with E-state index in [1.165, 1.54) is 0 Å². The highest BCUT2D eigenvalue weighted by molar-refractivity contribution is 8.13. The van der Waals surface area contributed by atoms with E-state index >= 15 is 0 Å². The highest BCUT2D eigenvalue weighted by Crippen LogP contribution is 2.28. The lowest BCUT2D eigenvalue weighted by Crippen LogP contribution is -2.14. The fraction of sp³-hybridized carbons (Fsp3) is 0.750. The molecule has 0 radical (unpaired) electrons. The fourth-order valence-corrected chi connectivity index (χ4v) is 3.41. The van der Waals surface area contributed by atoms with Crippen molar-refractivity contribution in [2.45, 2.75) is 57.7 Å². The Labute approximate surface area is 113 Å². The predicted molar refractivity (Wildman–Crippen MR) is 72.3 cm³/mol. The standard InChI is InChI=1S/C12H19ClN2O2S/c1-3-9(2)12-10(8-18(13,16)17)15-7-5-4-6-11(15)14-12/h9H,3-8H2,1-2H3/t9-/m1/s1. The van der Waals surface area contributed by atoms with Crippen molar-refractivity contribution >= 4 is 19.7 Å². The van der Waals surface area contributed by atoms with E-state index in [0.717, 1.165) is 49.4 Å². The minimum absolute atomic E-state index is 0.110. The van der Waals surface area contributed by atoms with E-state index < -0.39 is 9.05 Å². The Kier molecular flexibility index (Phi) is 4.02. The molecule has 2 heterocycles. The van der Waals surface area contributed by atoms with Gasteiger partial charge in [-0.25, -0.2) is 13.4 Å². The Bertz CT molecular complexity index is 537. The zero-order chi connectivity index (χ0) is 13.3. The summed E-state index contributed by atoms with van der Waals surface area (Å²) < 4.78 is 24.8. The molecule has 0 aromatic carbocycles. The molecule has 18 heavy (non-hydrogen) atoms. The Hall–Kier alpha value is -0.550. The van der Waals surface area contributed by atoms with Gasteiger partial charge in [-0.1, -0.05) is 13.8 Å². The summed E-state index contributed by atoms with van der Waals surface area (Å²) in [5.74, 6) is 1.18. The molecule has 0 bridgehead atoms. The van der Waals surface area contributed by atoms with Crippen LogP contribution in [0.15, 0.2) is 0 Å². The molecule has 1 aromatic heterocycles. The number of aromatic nitrogens is 2. The number of halogens is 1. The van der Waals surface area contributed by atoms with Crippen LogP contribution in [0.25, 0.3) is 0 Å².